The van der Waals surface area contributed by atoms with Crippen LogP contribution in [-0.4, -0.2) is 23.0 Å². The summed E-state index contributed by atoms with van der Waals surface area (Å²) in [5.41, 5.74) is 1.15. The zero-order valence-corrected chi connectivity index (χ0v) is 13.9. The molecular weight excluding hydrogens is 343 g/mol. The highest BCUT2D eigenvalue weighted by Crippen LogP contribution is 2.37. The second kappa shape index (κ2) is 6.09. The summed E-state index contributed by atoms with van der Waals surface area (Å²) in [6, 6.07) is 8.73. The van der Waals surface area contributed by atoms with E-state index in [1.165, 1.54) is 12.1 Å². The van der Waals surface area contributed by atoms with Crippen LogP contribution in [0.4, 0.5) is 13.2 Å². The van der Waals surface area contributed by atoms with Gasteiger partial charge in [0.25, 0.3) is 0 Å². The minimum Gasteiger partial charge on any atom is -0.354 e. The third-order valence-electron chi connectivity index (χ3n) is 5.27. The lowest BCUT2D eigenvalue weighted by molar-refractivity contribution is -0.137. The summed E-state index contributed by atoms with van der Waals surface area (Å²) in [4.78, 5) is 16.5. The molecular formula is C19H18F3N3O. The molecule has 0 bridgehead atoms. The highest BCUT2D eigenvalue weighted by atomic mass is 19.4. The van der Waals surface area contributed by atoms with Crippen LogP contribution in [0.25, 0.3) is 11.1 Å². The molecule has 136 valence electrons. The standard InChI is InChI=1S/C19H18F3N3O/c20-19(21,22)14-3-1-12(2-4-14)13-6-9-23-16(11-13)15-5-7-18(25-15)8-10-24-17(18)26/h1-4,6,9,11,15,25H,5,7-8,10H2,(H,24,26)/t15-,18+/m0/s1. The number of hydrogen-bond acceptors (Lipinski definition) is 3. The Hall–Kier alpha value is -2.41. The predicted octanol–water partition coefficient (Wildman–Crippen LogP) is 3.45. The highest BCUT2D eigenvalue weighted by molar-refractivity contribution is 5.88. The molecule has 2 saturated heterocycles. The van der Waals surface area contributed by atoms with Crippen LogP contribution in [0.3, 0.4) is 0 Å². The van der Waals surface area contributed by atoms with Crippen LogP contribution in [0.1, 0.15) is 36.6 Å². The van der Waals surface area contributed by atoms with Gasteiger partial charge < -0.3 is 5.32 Å². The number of aromatic nitrogens is 1. The summed E-state index contributed by atoms with van der Waals surface area (Å²) < 4.78 is 38.1. The molecule has 1 aromatic carbocycles. The van der Waals surface area contributed by atoms with Gasteiger partial charge in [0, 0.05) is 12.7 Å². The van der Waals surface area contributed by atoms with Gasteiger partial charge >= 0.3 is 6.18 Å². The SMILES string of the molecule is O=C1NCC[C@]12CC[C@@H](c1cc(-c3ccc(C(F)(F)F)cc3)ccn1)N2. The molecule has 2 atom stereocenters. The van der Waals surface area contributed by atoms with Crippen molar-refractivity contribution in [3.63, 3.8) is 0 Å². The topological polar surface area (TPSA) is 54.0 Å². The second-order valence-corrected chi connectivity index (χ2v) is 6.87. The number of nitrogens with one attached hydrogen (secondary N) is 2. The van der Waals surface area contributed by atoms with Gasteiger partial charge in [-0.15, -0.1) is 0 Å². The maximum atomic E-state index is 12.7. The average Bonchev–Trinajstić information content (AvgIpc) is 3.22. The first-order valence-corrected chi connectivity index (χ1v) is 8.57. The number of halogens is 3. The van der Waals surface area contributed by atoms with Gasteiger partial charge in [0.15, 0.2) is 0 Å². The molecule has 0 radical (unpaired) electrons. The minimum atomic E-state index is -4.34. The third-order valence-corrected chi connectivity index (χ3v) is 5.27. The Labute approximate surface area is 148 Å². The molecule has 7 heteroatoms. The maximum absolute atomic E-state index is 12.7. The van der Waals surface area contributed by atoms with Gasteiger partial charge in [-0.3, -0.25) is 15.1 Å². The van der Waals surface area contributed by atoms with Gasteiger partial charge in [-0.25, -0.2) is 0 Å². The average molecular weight is 361 g/mol. The molecule has 4 rings (SSSR count). The first-order valence-electron chi connectivity index (χ1n) is 8.57. The summed E-state index contributed by atoms with van der Waals surface area (Å²) in [6.07, 6.45) is -0.358. The molecule has 1 aromatic heterocycles. The van der Waals surface area contributed by atoms with E-state index in [0.29, 0.717) is 12.1 Å². The van der Waals surface area contributed by atoms with Gasteiger partial charge in [-0.05, 0) is 54.7 Å². The van der Waals surface area contributed by atoms with Crippen molar-refractivity contribution < 1.29 is 18.0 Å². The van der Waals surface area contributed by atoms with E-state index in [0.717, 1.165) is 42.7 Å². The number of benzene rings is 1. The molecule has 2 N–H and O–H groups in total. The Kier molecular flexibility index (Phi) is 3.99. The molecule has 3 heterocycles. The number of carbonyl (C=O) groups excluding carboxylic acids is 1. The molecule has 4 nitrogen and oxygen atoms in total. The van der Waals surface area contributed by atoms with E-state index < -0.39 is 17.3 Å². The molecule has 1 amide bonds. The molecule has 26 heavy (non-hydrogen) atoms. The number of amides is 1. The Balaban J connectivity index is 1.57. The van der Waals surface area contributed by atoms with Crippen molar-refractivity contribution >= 4 is 5.91 Å². The summed E-state index contributed by atoms with van der Waals surface area (Å²) in [6.45, 7) is 0.678. The summed E-state index contributed by atoms with van der Waals surface area (Å²) in [5, 5.41) is 6.28. The molecule has 2 aromatic rings. The largest absolute Gasteiger partial charge is 0.416 e. The van der Waals surface area contributed by atoms with E-state index >= 15 is 0 Å². The van der Waals surface area contributed by atoms with E-state index in [4.69, 9.17) is 0 Å². The first kappa shape index (κ1) is 17.0. The third kappa shape index (κ3) is 2.96. The highest BCUT2D eigenvalue weighted by Gasteiger charge is 2.48. The van der Waals surface area contributed by atoms with E-state index in [1.54, 1.807) is 12.3 Å². The number of alkyl halides is 3. The molecule has 0 aliphatic carbocycles. The van der Waals surface area contributed by atoms with Gasteiger partial charge in [0.2, 0.25) is 5.91 Å². The van der Waals surface area contributed by atoms with Gasteiger partial charge in [0.05, 0.1) is 17.3 Å². The lowest BCUT2D eigenvalue weighted by Gasteiger charge is -2.21. The second-order valence-electron chi connectivity index (χ2n) is 6.87. The van der Waals surface area contributed by atoms with E-state index in [9.17, 15) is 18.0 Å². The molecule has 0 saturated carbocycles. The Bertz CT molecular complexity index is 835. The zero-order valence-electron chi connectivity index (χ0n) is 13.9. The van der Waals surface area contributed by atoms with E-state index in [2.05, 4.69) is 15.6 Å². The molecule has 1 spiro atoms. The molecule has 2 aliphatic rings. The van der Waals surface area contributed by atoms with Gasteiger partial charge in [-0.2, -0.15) is 13.2 Å². The number of nitrogens with zero attached hydrogens (tertiary/aromatic N) is 1. The van der Waals surface area contributed by atoms with Crippen LogP contribution in [-0.2, 0) is 11.0 Å². The van der Waals surface area contributed by atoms with Crippen molar-refractivity contribution in [2.75, 3.05) is 6.54 Å². The Morgan fingerprint density at radius 2 is 1.85 bits per heavy atom. The number of rotatable bonds is 2. The molecule has 2 aliphatic heterocycles. The van der Waals surface area contributed by atoms with Crippen LogP contribution in [0.5, 0.6) is 0 Å². The molecule has 2 fully saturated rings. The fourth-order valence-corrected chi connectivity index (χ4v) is 3.81. The van der Waals surface area contributed by atoms with Crippen LogP contribution in [0.2, 0.25) is 0 Å². The van der Waals surface area contributed by atoms with E-state index in [-0.39, 0.29) is 11.9 Å². The van der Waals surface area contributed by atoms with Crippen molar-refractivity contribution in [2.24, 2.45) is 0 Å². The lowest BCUT2D eigenvalue weighted by Crippen LogP contribution is -2.47. The molecule has 0 unspecified atom stereocenters. The van der Waals surface area contributed by atoms with Gasteiger partial charge in [-0.1, -0.05) is 12.1 Å². The van der Waals surface area contributed by atoms with Crippen molar-refractivity contribution in [1.82, 2.24) is 15.6 Å². The maximum Gasteiger partial charge on any atom is 0.416 e. The number of hydrogen-bond donors (Lipinski definition) is 2. The monoisotopic (exact) mass is 361 g/mol. The summed E-state index contributed by atoms with van der Waals surface area (Å²) >= 11 is 0. The summed E-state index contributed by atoms with van der Waals surface area (Å²) in [5.74, 6) is 0.0406. The van der Waals surface area contributed by atoms with Crippen molar-refractivity contribution in [3.8, 4) is 11.1 Å². The lowest BCUT2D eigenvalue weighted by atomic mass is 9.96. The fourth-order valence-electron chi connectivity index (χ4n) is 3.81. The smallest absolute Gasteiger partial charge is 0.354 e. The van der Waals surface area contributed by atoms with E-state index in [1.807, 2.05) is 6.07 Å². The fraction of sp³-hybridized carbons (Fsp3) is 0.368. The van der Waals surface area contributed by atoms with Crippen molar-refractivity contribution in [2.45, 2.75) is 37.0 Å². The predicted molar refractivity (Wildman–Crippen MR) is 90.1 cm³/mol. The summed E-state index contributed by atoms with van der Waals surface area (Å²) in [7, 11) is 0. The van der Waals surface area contributed by atoms with Crippen molar-refractivity contribution in [1.29, 1.82) is 0 Å². The zero-order chi connectivity index (χ0) is 18.4. The normalized spacial score (nSPS) is 25.7. The van der Waals surface area contributed by atoms with Crippen LogP contribution < -0.4 is 10.6 Å². The Morgan fingerprint density at radius 3 is 2.50 bits per heavy atom. The first-order chi connectivity index (χ1) is 12.4. The van der Waals surface area contributed by atoms with Crippen molar-refractivity contribution in [3.05, 3.63) is 53.9 Å². The Morgan fingerprint density at radius 1 is 1.08 bits per heavy atom. The quantitative estimate of drug-likeness (QED) is 0.862. The van der Waals surface area contributed by atoms with Crippen LogP contribution >= 0.6 is 0 Å². The number of pyridine rings is 1. The van der Waals surface area contributed by atoms with Gasteiger partial charge in [0.1, 0.15) is 5.54 Å². The van der Waals surface area contributed by atoms with Crippen LogP contribution in [0.15, 0.2) is 42.6 Å². The van der Waals surface area contributed by atoms with Crippen LogP contribution in [0, 0.1) is 0 Å². The minimum absolute atomic E-state index is 0.0340. The number of carbonyl (C=O) groups is 1.